The lowest BCUT2D eigenvalue weighted by Gasteiger charge is -2.45. The number of ether oxygens (including phenoxy) is 7. The van der Waals surface area contributed by atoms with Gasteiger partial charge in [0.25, 0.3) is 29.3 Å². The molecule has 3 aliphatic heterocycles. The number of esters is 4. The molecule has 0 bridgehead atoms. The molecule has 0 aromatic rings. The SMILES string of the molecule is COCC1(C)OC(=O)C(/C=C/C=C/C=C2C(=O)OC3(CCC4(CC3)OC(=O)C(C)=C(O)O4)OC2=O)=C(O)O1. The van der Waals surface area contributed by atoms with Gasteiger partial charge in [0.2, 0.25) is 0 Å². The molecule has 13 nitrogen and oxygen atoms in total. The maximum atomic E-state index is 12.6. The van der Waals surface area contributed by atoms with Crippen molar-refractivity contribution in [1.82, 2.24) is 0 Å². The first-order chi connectivity index (χ1) is 17.9. The van der Waals surface area contributed by atoms with Crippen molar-refractivity contribution in [1.29, 1.82) is 0 Å². The number of allylic oxidation sites excluding steroid dienone is 4. The fourth-order valence-corrected chi connectivity index (χ4v) is 4.16. The lowest BCUT2D eigenvalue weighted by atomic mass is 9.87. The second-order valence-electron chi connectivity index (χ2n) is 9.12. The predicted octanol–water partition coefficient (Wildman–Crippen LogP) is 2.16. The first-order valence-electron chi connectivity index (χ1n) is 11.6. The van der Waals surface area contributed by atoms with E-state index >= 15 is 0 Å². The Bertz CT molecular complexity index is 1190. The van der Waals surface area contributed by atoms with Crippen molar-refractivity contribution < 1.29 is 62.5 Å². The van der Waals surface area contributed by atoms with Crippen LogP contribution in [0.2, 0.25) is 0 Å². The van der Waals surface area contributed by atoms with Gasteiger partial charge in [-0.25, -0.2) is 19.2 Å². The van der Waals surface area contributed by atoms with E-state index < -0.39 is 53.1 Å². The van der Waals surface area contributed by atoms with Crippen LogP contribution in [0, 0.1) is 0 Å². The van der Waals surface area contributed by atoms with Gasteiger partial charge in [-0.2, -0.15) is 0 Å². The van der Waals surface area contributed by atoms with E-state index in [1.165, 1.54) is 51.3 Å². The van der Waals surface area contributed by atoms with Crippen LogP contribution < -0.4 is 0 Å². The van der Waals surface area contributed by atoms with Crippen LogP contribution in [0.25, 0.3) is 0 Å². The van der Waals surface area contributed by atoms with Crippen molar-refractivity contribution in [2.45, 2.75) is 56.9 Å². The lowest BCUT2D eigenvalue weighted by Crippen LogP contribution is -2.54. The van der Waals surface area contributed by atoms with Crippen molar-refractivity contribution in [2.75, 3.05) is 13.7 Å². The van der Waals surface area contributed by atoms with Crippen LogP contribution in [0.4, 0.5) is 0 Å². The summed E-state index contributed by atoms with van der Waals surface area (Å²) < 4.78 is 36.8. The highest BCUT2D eigenvalue weighted by atomic mass is 16.8. The number of methoxy groups -OCH3 is 1. The predicted molar refractivity (Wildman–Crippen MR) is 122 cm³/mol. The van der Waals surface area contributed by atoms with E-state index in [2.05, 4.69) is 0 Å². The summed E-state index contributed by atoms with van der Waals surface area (Å²) in [6.07, 6.45) is 6.45. The summed E-state index contributed by atoms with van der Waals surface area (Å²) in [6, 6.07) is 0. The largest absolute Gasteiger partial charge is 0.481 e. The third-order valence-electron chi connectivity index (χ3n) is 6.19. The molecule has 2 spiro atoms. The average molecular weight is 534 g/mol. The Hall–Kier alpha value is -4.26. The molecule has 1 saturated heterocycles. The number of carbonyl (C=O) groups excluding carboxylic acids is 4. The molecule has 1 saturated carbocycles. The number of carbonyl (C=O) groups is 4. The number of aliphatic hydroxyl groups excluding tert-OH is 2. The molecule has 1 aliphatic carbocycles. The molecule has 4 aliphatic rings. The number of aliphatic hydroxyl groups is 2. The van der Waals surface area contributed by atoms with Crippen LogP contribution in [0.3, 0.4) is 0 Å². The Kier molecular flexibility index (Phi) is 6.98. The summed E-state index contributed by atoms with van der Waals surface area (Å²) in [4.78, 5) is 49.2. The minimum atomic E-state index is -1.55. The number of cyclic esters (lactones) is 1. The third kappa shape index (κ3) is 5.23. The van der Waals surface area contributed by atoms with Gasteiger partial charge in [0, 0.05) is 39.7 Å². The molecule has 0 aromatic carbocycles. The Morgan fingerprint density at radius 2 is 1.34 bits per heavy atom. The summed E-state index contributed by atoms with van der Waals surface area (Å²) in [5, 5.41) is 19.9. The third-order valence-corrected chi connectivity index (χ3v) is 6.19. The van der Waals surface area contributed by atoms with E-state index in [9.17, 15) is 29.4 Å². The maximum Gasteiger partial charge on any atom is 0.348 e. The Morgan fingerprint density at radius 3 is 1.89 bits per heavy atom. The highest BCUT2D eigenvalue weighted by Crippen LogP contribution is 2.45. The highest BCUT2D eigenvalue weighted by molar-refractivity contribution is 6.15. The maximum absolute atomic E-state index is 12.6. The normalized spacial score (nSPS) is 31.8. The summed E-state index contributed by atoms with van der Waals surface area (Å²) in [5.74, 6) is -8.99. The van der Waals surface area contributed by atoms with Gasteiger partial charge >= 0.3 is 23.9 Å². The topological polar surface area (TPSA) is 173 Å². The van der Waals surface area contributed by atoms with Crippen LogP contribution in [0.1, 0.15) is 39.5 Å². The van der Waals surface area contributed by atoms with Crippen molar-refractivity contribution in [3.63, 3.8) is 0 Å². The van der Waals surface area contributed by atoms with E-state index in [1.54, 1.807) is 0 Å². The highest BCUT2D eigenvalue weighted by Gasteiger charge is 2.55. The molecule has 204 valence electrons. The van der Waals surface area contributed by atoms with Gasteiger partial charge in [-0.15, -0.1) is 0 Å². The smallest absolute Gasteiger partial charge is 0.348 e. The Labute approximate surface area is 216 Å². The molecule has 2 fully saturated rings. The summed E-state index contributed by atoms with van der Waals surface area (Å²) in [5.41, 5.74) is -0.666. The minimum Gasteiger partial charge on any atom is -0.481 e. The standard InChI is InChI=1S/C25H26O13/c1-14-17(26)35-24(36-18(14)27)9-11-25(12-10-24)37-21(30)16(22(31)38-25)8-6-4-5-7-15-19(28)33-23(2,13-32-3)34-20(15)29/h4-8,26,28H,9-13H2,1-3H3/b6-4+,7-5+,16-8?. The molecule has 0 amide bonds. The van der Waals surface area contributed by atoms with Crippen molar-refractivity contribution in [2.24, 2.45) is 0 Å². The molecular formula is C25H26O13. The molecule has 2 N–H and O–H groups in total. The van der Waals surface area contributed by atoms with Crippen LogP contribution in [0.5, 0.6) is 0 Å². The number of hydrogen-bond acceptors (Lipinski definition) is 13. The van der Waals surface area contributed by atoms with Gasteiger partial charge < -0.3 is 43.4 Å². The second kappa shape index (κ2) is 9.89. The second-order valence-corrected chi connectivity index (χ2v) is 9.12. The fourth-order valence-electron chi connectivity index (χ4n) is 4.16. The van der Waals surface area contributed by atoms with Crippen molar-refractivity contribution in [3.05, 3.63) is 59.0 Å². The van der Waals surface area contributed by atoms with Crippen molar-refractivity contribution in [3.8, 4) is 0 Å². The van der Waals surface area contributed by atoms with Crippen LogP contribution in [-0.4, -0.2) is 65.2 Å². The Morgan fingerprint density at radius 1 is 0.763 bits per heavy atom. The molecule has 13 heteroatoms. The fraction of sp³-hybridized carbons (Fsp3) is 0.440. The molecule has 38 heavy (non-hydrogen) atoms. The average Bonchev–Trinajstić information content (AvgIpc) is 2.82. The molecule has 1 unspecified atom stereocenters. The number of rotatable bonds is 5. The minimum absolute atomic E-state index is 0.0137. The zero-order valence-corrected chi connectivity index (χ0v) is 20.8. The summed E-state index contributed by atoms with van der Waals surface area (Å²) >= 11 is 0. The van der Waals surface area contributed by atoms with Crippen LogP contribution >= 0.6 is 0 Å². The molecule has 0 aromatic heterocycles. The van der Waals surface area contributed by atoms with Gasteiger partial charge in [-0.3, -0.25) is 0 Å². The van der Waals surface area contributed by atoms with Gasteiger partial charge in [0.15, 0.2) is 0 Å². The zero-order valence-electron chi connectivity index (χ0n) is 20.8. The molecule has 3 heterocycles. The quantitative estimate of drug-likeness (QED) is 0.173. The monoisotopic (exact) mass is 534 g/mol. The molecule has 1 atom stereocenters. The van der Waals surface area contributed by atoms with E-state index in [1.807, 2.05) is 0 Å². The van der Waals surface area contributed by atoms with E-state index in [0.717, 1.165) is 0 Å². The van der Waals surface area contributed by atoms with E-state index in [-0.39, 0.29) is 49.0 Å². The van der Waals surface area contributed by atoms with Crippen LogP contribution in [0.15, 0.2) is 59.0 Å². The van der Waals surface area contributed by atoms with Gasteiger partial charge in [-0.1, -0.05) is 18.2 Å². The van der Waals surface area contributed by atoms with E-state index in [4.69, 9.17) is 33.2 Å². The van der Waals surface area contributed by atoms with Gasteiger partial charge in [0.05, 0.1) is 0 Å². The lowest BCUT2D eigenvalue weighted by molar-refractivity contribution is -0.297. The van der Waals surface area contributed by atoms with Gasteiger partial charge in [0.1, 0.15) is 23.3 Å². The van der Waals surface area contributed by atoms with Crippen LogP contribution in [-0.2, 0) is 52.3 Å². The molecule has 4 rings (SSSR count). The summed E-state index contributed by atoms with van der Waals surface area (Å²) in [7, 11) is 1.38. The summed E-state index contributed by atoms with van der Waals surface area (Å²) in [6.45, 7) is 2.69. The zero-order chi connectivity index (χ0) is 27.7. The van der Waals surface area contributed by atoms with E-state index in [0.29, 0.717) is 0 Å². The van der Waals surface area contributed by atoms with Crippen molar-refractivity contribution >= 4 is 23.9 Å². The first kappa shape index (κ1) is 26.8. The molecule has 0 radical (unpaired) electrons. The van der Waals surface area contributed by atoms with Gasteiger partial charge in [-0.05, 0) is 19.1 Å². The molecular weight excluding hydrogens is 508 g/mol. The first-order valence-corrected chi connectivity index (χ1v) is 11.6. The number of hydrogen-bond donors (Lipinski definition) is 2. The Balaban J connectivity index is 1.36.